The number of amides is 1. The van der Waals surface area contributed by atoms with E-state index in [0.717, 1.165) is 25.0 Å². The van der Waals surface area contributed by atoms with Crippen molar-refractivity contribution in [3.8, 4) is 0 Å². The molecule has 1 aliphatic rings. The van der Waals surface area contributed by atoms with Gasteiger partial charge in [0.05, 0.1) is 0 Å². The zero-order chi connectivity index (χ0) is 13.3. The number of likely N-dealkylation sites (tertiary alicyclic amines) is 1. The zero-order valence-electron chi connectivity index (χ0n) is 11.2. The van der Waals surface area contributed by atoms with Crippen LogP contribution < -0.4 is 5.43 Å². The summed E-state index contributed by atoms with van der Waals surface area (Å²) in [7, 11) is 0. The van der Waals surface area contributed by atoms with E-state index in [2.05, 4.69) is 18.8 Å². The van der Waals surface area contributed by atoms with Crippen LogP contribution in [0.4, 0.5) is 0 Å². The monoisotopic (exact) mass is 248 g/mol. The molecule has 0 bridgehead atoms. The van der Waals surface area contributed by atoms with Crippen LogP contribution in [0.5, 0.6) is 0 Å². The molecule has 1 saturated heterocycles. The first-order valence-corrected chi connectivity index (χ1v) is 6.56. The van der Waals surface area contributed by atoms with Crippen molar-refractivity contribution in [2.75, 3.05) is 0 Å². The van der Waals surface area contributed by atoms with Gasteiger partial charge < -0.3 is 9.88 Å². The van der Waals surface area contributed by atoms with Crippen molar-refractivity contribution in [3.05, 3.63) is 33.7 Å². The number of pyridine rings is 1. The number of nitrogens with zero attached hydrogens (tertiary/aromatic N) is 1. The van der Waals surface area contributed by atoms with Crippen LogP contribution in [-0.2, 0) is 0 Å². The zero-order valence-corrected chi connectivity index (χ0v) is 11.2. The average Bonchev–Trinajstić information content (AvgIpc) is 2.69. The first-order valence-electron chi connectivity index (χ1n) is 6.56. The number of hydrogen-bond donors (Lipinski definition) is 1. The van der Waals surface area contributed by atoms with Gasteiger partial charge in [-0.05, 0) is 33.1 Å². The quantitative estimate of drug-likeness (QED) is 0.871. The number of H-pyrrole nitrogens is 1. The molecule has 1 N–H and O–H groups in total. The van der Waals surface area contributed by atoms with E-state index in [-0.39, 0.29) is 29.0 Å². The third-order valence-corrected chi connectivity index (χ3v) is 3.78. The van der Waals surface area contributed by atoms with E-state index in [1.54, 1.807) is 0 Å². The lowest BCUT2D eigenvalue weighted by atomic mass is 10.1. The molecular weight excluding hydrogens is 228 g/mol. The first-order chi connectivity index (χ1) is 8.54. The molecule has 1 aromatic rings. The summed E-state index contributed by atoms with van der Waals surface area (Å²) in [6.45, 7) is 5.95. The molecule has 2 atom stereocenters. The van der Waals surface area contributed by atoms with Crippen molar-refractivity contribution in [2.24, 2.45) is 0 Å². The highest BCUT2D eigenvalue weighted by atomic mass is 16.2. The highest BCUT2D eigenvalue weighted by Gasteiger charge is 2.34. The van der Waals surface area contributed by atoms with Crippen LogP contribution in [0.3, 0.4) is 0 Å². The van der Waals surface area contributed by atoms with Crippen LogP contribution in [-0.4, -0.2) is 27.9 Å². The fraction of sp³-hybridized carbons (Fsp3) is 0.571. The summed E-state index contributed by atoms with van der Waals surface area (Å²) in [5.41, 5.74) is 0.844. The maximum atomic E-state index is 12.5. The van der Waals surface area contributed by atoms with Crippen LogP contribution in [0.15, 0.2) is 17.1 Å². The van der Waals surface area contributed by atoms with Crippen LogP contribution in [0.25, 0.3) is 0 Å². The maximum absolute atomic E-state index is 12.5. The highest BCUT2D eigenvalue weighted by Crippen LogP contribution is 2.27. The fourth-order valence-electron chi connectivity index (χ4n) is 2.72. The highest BCUT2D eigenvalue weighted by molar-refractivity contribution is 5.94. The van der Waals surface area contributed by atoms with Gasteiger partial charge in [0.15, 0.2) is 5.43 Å². The van der Waals surface area contributed by atoms with E-state index >= 15 is 0 Å². The lowest BCUT2D eigenvalue weighted by Crippen LogP contribution is -2.41. The van der Waals surface area contributed by atoms with E-state index in [4.69, 9.17) is 0 Å². The molecule has 2 rings (SSSR count). The molecule has 1 fully saturated rings. The molecule has 0 radical (unpaired) electrons. The van der Waals surface area contributed by atoms with Crippen molar-refractivity contribution in [2.45, 2.75) is 52.1 Å². The normalized spacial score (nSPS) is 23.4. The van der Waals surface area contributed by atoms with Gasteiger partial charge in [0.1, 0.15) is 5.56 Å². The molecule has 1 aliphatic heterocycles. The number of carbonyl (C=O) groups excluding carboxylic acids is 1. The minimum Gasteiger partial charge on any atom is -0.364 e. The van der Waals surface area contributed by atoms with Gasteiger partial charge in [-0.1, -0.05) is 6.92 Å². The van der Waals surface area contributed by atoms with Crippen molar-refractivity contribution >= 4 is 5.91 Å². The van der Waals surface area contributed by atoms with Crippen LogP contribution >= 0.6 is 0 Å². The van der Waals surface area contributed by atoms with Gasteiger partial charge in [0.2, 0.25) is 0 Å². The average molecular weight is 248 g/mol. The van der Waals surface area contributed by atoms with Gasteiger partial charge in [-0.25, -0.2) is 0 Å². The number of nitrogens with one attached hydrogen (secondary N) is 1. The molecule has 0 saturated carbocycles. The van der Waals surface area contributed by atoms with E-state index in [0.29, 0.717) is 0 Å². The molecule has 1 amide bonds. The minimum atomic E-state index is -0.190. The van der Waals surface area contributed by atoms with Crippen molar-refractivity contribution in [1.82, 2.24) is 9.88 Å². The summed E-state index contributed by atoms with van der Waals surface area (Å²) in [6.07, 6.45) is 4.54. The number of aromatic amines is 1. The van der Waals surface area contributed by atoms with Crippen molar-refractivity contribution < 1.29 is 4.79 Å². The summed E-state index contributed by atoms with van der Waals surface area (Å²) >= 11 is 0. The van der Waals surface area contributed by atoms with Crippen molar-refractivity contribution in [1.29, 1.82) is 0 Å². The Morgan fingerprint density at radius 1 is 1.50 bits per heavy atom. The molecule has 0 aromatic carbocycles. The van der Waals surface area contributed by atoms with E-state index in [1.807, 2.05) is 11.8 Å². The van der Waals surface area contributed by atoms with Crippen LogP contribution in [0.1, 0.15) is 49.2 Å². The Bertz CT molecular complexity index is 507. The topological polar surface area (TPSA) is 53.2 Å². The Morgan fingerprint density at radius 2 is 2.22 bits per heavy atom. The number of aromatic nitrogens is 1. The van der Waals surface area contributed by atoms with Gasteiger partial charge in [-0.3, -0.25) is 9.59 Å². The van der Waals surface area contributed by atoms with Crippen LogP contribution in [0.2, 0.25) is 0 Å². The second-order valence-corrected chi connectivity index (χ2v) is 5.09. The van der Waals surface area contributed by atoms with Crippen LogP contribution in [0, 0.1) is 6.92 Å². The summed E-state index contributed by atoms with van der Waals surface area (Å²) in [6, 6.07) is 1.98. The molecule has 0 aliphatic carbocycles. The lowest BCUT2D eigenvalue weighted by molar-refractivity contribution is 0.0674. The SMILES string of the molecule is CCC1CCC(C)N1C(=O)c1c[nH]c(C)cc1=O. The molecule has 2 heterocycles. The number of hydrogen-bond acceptors (Lipinski definition) is 2. The number of carbonyl (C=O) groups is 1. The minimum absolute atomic E-state index is 0.131. The molecule has 18 heavy (non-hydrogen) atoms. The summed E-state index contributed by atoms with van der Waals surface area (Å²) < 4.78 is 0. The summed E-state index contributed by atoms with van der Waals surface area (Å²) in [5, 5.41) is 0. The van der Waals surface area contributed by atoms with E-state index < -0.39 is 0 Å². The third-order valence-electron chi connectivity index (χ3n) is 3.78. The molecule has 0 spiro atoms. The Labute approximate surface area is 107 Å². The molecule has 1 aromatic heterocycles. The summed E-state index contributed by atoms with van der Waals surface area (Å²) in [4.78, 5) is 29.2. The van der Waals surface area contributed by atoms with Gasteiger partial charge in [0.25, 0.3) is 5.91 Å². The predicted octanol–water partition coefficient (Wildman–Crippen LogP) is 2.09. The Balaban J connectivity index is 2.33. The molecule has 4 nitrogen and oxygen atoms in total. The van der Waals surface area contributed by atoms with Crippen molar-refractivity contribution in [3.63, 3.8) is 0 Å². The Kier molecular flexibility index (Phi) is 3.55. The summed E-state index contributed by atoms with van der Waals surface area (Å²) in [5.74, 6) is -0.131. The molecule has 2 unspecified atom stereocenters. The molecular formula is C14H20N2O2. The van der Waals surface area contributed by atoms with Gasteiger partial charge in [-0.15, -0.1) is 0 Å². The Hall–Kier alpha value is -1.58. The van der Waals surface area contributed by atoms with Gasteiger partial charge >= 0.3 is 0 Å². The van der Waals surface area contributed by atoms with E-state index in [9.17, 15) is 9.59 Å². The number of aryl methyl sites for hydroxylation is 1. The fourth-order valence-corrected chi connectivity index (χ4v) is 2.72. The first kappa shape index (κ1) is 12.9. The van der Waals surface area contributed by atoms with Gasteiger partial charge in [0, 0.05) is 30.0 Å². The predicted molar refractivity (Wildman–Crippen MR) is 70.7 cm³/mol. The molecule has 4 heteroatoms. The van der Waals surface area contributed by atoms with E-state index in [1.165, 1.54) is 12.3 Å². The number of rotatable bonds is 2. The standard InChI is InChI=1S/C14H20N2O2/c1-4-11-6-5-10(3)16(11)14(18)12-8-15-9(2)7-13(12)17/h7-8,10-11H,4-6H2,1-3H3,(H,15,17). The largest absolute Gasteiger partial charge is 0.364 e. The molecule has 98 valence electrons. The maximum Gasteiger partial charge on any atom is 0.259 e. The third kappa shape index (κ3) is 2.19. The smallest absolute Gasteiger partial charge is 0.259 e. The lowest BCUT2D eigenvalue weighted by Gasteiger charge is -2.27. The Morgan fingerprint density at radius 3 is 2.83 bits per heavy atom. The van der Waals surface area contributed by atoms with Gasteiger partial charge in [-0.2, -0.15) is 0 Å². The second-order valence-electron chi connectivity index (χ2n) is 5.09. The second kappa shape index (κ2) is 4.96.